The number of halogens is 1. The van der Waals surface area contributed by atoms with Crippen LogP contribution < -0.4 is 10.1 Å². The Morgan fingerprint density at radius 3 is 2.64 bits per heavy atom. The number of hydrogen-bond acceptors (Lipinski definition) is 8. The molecule has 0 spiro atoms. The third-order valence-corrected chi connectivity index (χ3v) is 6.98. The first-order valence-corrected chi connectivity index (χ1v) is 12.5. The van der Waals surface area contributed by atoms with Gasteiger partial charge in [0.1, 0.15) is 23.9 Å². The van der Waals surface area contributed by atoms with Gasteiger partial charge in [0.05, 0.1) is 34.5 Å². The zero-order chi connectivity index (χ0) is 25.9. The highest BCUT2D eigenvalue weighted by atomic mass is 35.5. The minimum atomic E-state index is -0.688. The van der Waals surface area contributed by atoms with Crippen LogP contribution in [0.25, 0.3) is 0 Å². The second-order valence-electron chi connectivity index (χ2n) is 10.0. The third kappa shape index (κ3) is 5.82. The number of amides is 1. The summed E-state index contributed by atoms with van der Waals surface area (Å²) in [5.41, 5.74) is 1.19. The average Bonchev–Trinajstić information content (AvgIpc) is 2.81. The van der Waals surface area contributed by atoms with Crippen molar-refractivity contribution in [3.63, 3.8) is 0 Å². The van der Waals surface area contributed by atoms with E-state index in [1.54, 1.807) is 25.3 Å². The van der Waals surface area contributed by atoms with E-state index >= 15 is 0 Å². The molecule has 2 bridgehead atoms. The normalized spacial score (nSPS) is 21.4. The lowest BCUT2D eigenvalue weighted by molar-refractivity contribution is -0.0656. The van der Waals surface area contributed by atoms with Crippen LogP contribution in [0.2, 0.25) is 5.02 Å². The molecule has 1 N–H and O–H groups in total. The van der Waals surface area contributed by atoms with E-state index in [0.29, 0.717) is 47.4 Å². The van der Waals surface area contributed by atoms with Gasteiger partial charge in [-0.15, -0.1) is 0 Å². The van der Waals surface area contributed by atoms with E-state index in [0.717, 1.165) is 24.8 Å². The van der Waals surface area contributed by atoms with E-state index in [-0.39, 0.29) is 24.3 Å². The quantitative estimate of drug-likeness (QED) is 0.525. The molecule has 2 aliphatic heterocycles. The monoisotopic (exact) mass is 513 g/mol. The number of ether oxygens (including phenoxy) is 3. The zero-order valence-electron chi connectivity index (χ0n) is 21.1. The topological polar surface area (TPSA) is 110 Å². The summed E-state index contributed by atoms with van der Waals surface area (Å²) < 4.78 is 17.4. The van der Waals surface area contributed by atoms with Gasteiger partial charge in [0, 0.05) is 32.0 Å². The minimum absolute atomic E-state index is 0.0607. The van der Waals surface area contributed by atoms with Gasteiger partial charge >= 0.3 is 6.09 Å². The van der Waals surface area contributed by atoms with Crippen molar-refractivity contribution < 1.29 is 19.0 Å². The van der Waals surface area contributed by atoms with Gasteiger partial charge in [0.25, 0.3) is 0 Å². The van der Waals surface area contributed by atoms with E-state index < -0.39 is 5.60 Å². The number of fused-ring (bicyclic) bond motifs is 2. The lowest BCUT2D eigenvalue weighted by Gasteiger charge is -2.48. The molecule has 2 aromatic rings. The second-order valence-corrected chi connectivity index (χ2v) is 10.4. The minimum Gasteiger partial charge on any atom is -0.474 e. The molecule has 4 rings (SSSR count). The Morgan fingerprint density at radius 2 is 2.00 bits per heavy atom. The van der Waals surface area contributed by atoms with E-state index in [1.807, 2.05) is 25.7 Å². The van der Waals surface area contributed by atoms with Gasteiger partial charge in [-0.1, -0.05) is 11.6 Å². The first kappa shape index (κ1) is 26.0. The van der Waals surface area contributed by atoms with Crippen molar-refractivity contribution in [2.75, 3.05) is 19.0 Å². The molecule has 2 fully saturated rings. The number of rotatable bonds is 7. The van der Waals surface area contributed by atoms with E-state index in [1.165, 1.54) is 6.33 Å². The fourth-order valence-corrected chi connectivity index (χ4v) is 5.27. The van der Waals surface area contributed by atoms with Crippen molar-refractivity contribution >= 4 is 29.2 Å². The van der Waals surface area contributed by atoms with Crippen LogP contribution in [0.5, 0.6) is 5.88 Å². The zero-order valence-corrected chi connectivity index (χ0v) is 21.8. The SMILES string of the molecule is COCC(C)(C)OC(=O)N1C2CCCC1CC(Oc1ncnc(Nc3ccc(C#N)cc3Cl)c1C)C2. The Hall–Kier alpha value is -3.09. The smallest absolute Gasteiger partial charge is 0.410 e. The van der Waals surface area contributed by atoms with E-state index in [9.17, 15) is 4.79 Å². The third-order valence-electron chi connectivity index (χ3n) is 6.67. The first-order chi connectivity index (χ1) is 17.2. The largest absolute Gasteiger partial charge is 0.474 e. The molecule has 9 nitrogen and oxygen atoms in total. The van der Waals surface area contributed by atoms with Gasteiger partial charge in [-0.05, 0) is 58.2 Å². The van der Waals surface area contributed by atoms with E-state index in [2.05, 4.69) is 21.4 Å². The number of nitriles is 1. The van der Waals surface area contributed by atoms with Crippen LogP contribution in [-0.2, 0) is 9.47 Å². The molecule has 2 unspecified atom stereocenters. The first-order valence-electron chi connectivity index (χ1n) is 12.2. The van der Waals surface area contributed by atoms with Crippen LogP contribution in [0, 0.1) is 18.3 Å². The fraction of sp³-hybridized carbons (Fsp3) is 0.538. The molecule has 192 valence electrons. The summed E-state index contributed by atoms with van der Waals surface area (Å²) in [7, 11) is 1.60. The second kappa shape index (κ2) is 10.9. The molecule has 0 aliphatic carbocycles. The summed E-state index contributed by atoms with van der Waals surface area (Å²) in [5.74, 6) is 1.07. The highest BCUT2D eigenvalue weighted by Crippen LogP contribution is 2.37. The predicted octanol–water partition coefficient (Wildman–Crippen LogP) is 5.38. The number of carbonyl (C=O) groups is 1. The summed E-state index contributed by atoms with van der Waals surface area (Å²) in [6.07, 6.45) is 5.44. The standard InChI is InChI=1S/C26H32ClN5O4/c1-16-23(31-22-9-8-17(13-28)10-21(22)27)29-15-30-24(16)35-20-11-18-6-5-7-19(12-20)32(18)25(33)36-26(2,3)14-34-4/h8-10,15,18-20H,5-7,11-12,14H2,1-4H3,(H,29,30,31). The van der Waals surface area contributed by atoms with Crippen LogP contribution in [0.1, 0.15) is 57.1 Å². The maximum Gasteiger partial charge on any atom is 0.410 e. The molecular formula is C26H32ClN5O4. The molecule has 1 aromatic heterocycles. The van der Waals surface area contributed by atoms with Crippen LogP contribution in [0.3, 0.4) is 0 Å². The lowest BCUT2D eigenvalue weighted by Crippen LogP contribution is -2.58. The summed E-state index contributed by atoms with van der Waals surface area (Å²) in [6, 6.07) is 7.23. The van der Waals surface area contributed by atoms with Crippen LogP contribution in [0.4, 0.5) is 16.3 Å². The number of nitrogens with zero attached hydrogens (tertiary/aromatic N) is 4. The van der Waals surface area contributed by atoms with Gasteiger partial charge < -0.3 is 24.4 Å². The van der Waals surface area contributed by atoms with Crippen molar-refractivity contribution in [3.8, 4) is 11.9 Å². The van der Waals surface area contributed by atoms with Crippen molar-refractivity contribution in [2.24, 2.45) is 0 Å². The van der Waals surface area contributed by atoms with Gasteiger partial charge in [-0.25, -0.2) is 14.8 Å². The van der Waals surface area contributed by atoms with Crippen molar-refractivity contribution in [3.05, 3.63) is 40.7 Å². The average molecular weight is 514 g/mol. The molecule has 2 aliphatic rings. The van der Waals surface area contributed by atoms with Gasteiger partial charge in [-0.2, -0.15) is 5.26 Å². The Kier molecular flexibility index (Phi) is 7.86. The van der Waals surface area contributed by atoms with Crippen LogP contribution >= 0.6 is 11.6 Å². The van der Waals surface area contributed by atoms with Crippen LogP contribution in [-0.4, -0.2) is 58.5 Å². The molecule has 0 radical (unpaired) electrons. The molecule has 2 saturated heterocycles. The van der Waals surface area contributed by atoms with Crippen LogP contribution in [0.15, 0.2) is 24.5 Å². The summed E-state index contributed by atoms with van der Waals surface area (Å²) in [5, 5.41) is 12.7. The molecule has 2 atom stereocenters. The van der Waals surface area contributed by atoms with Crippen molar-refractivity contribution in [2.45, 2.75) is 76.7 Å². The van der Waals surface area contributed by atoms with Gasteiger partial charge in [-0.3, -0.25) is 0 Å². The Balaban J connectivity index is 1.45. The summed E-state index contributed by atoms with van der Waals surface area (Å²) in [6.45, 7) is 5.94. The number of nitrogens with one attached hydrogen (secondary N) is 1. The predicted molar refractivity (Wildman–Crippen MR) is 136 cm³/mol. The number of methoxy groups -OCH3 is 1. The van der Waals surface area contributed by atoms with Gasteiger partial charge in [0.15, 0.2) is 0 Å². The summed E-state index contributed by atoms with van der Waals surface area (Å²) >= 11 is 6.32. The fourth-order valence-electron chi connectivity index (χ4n) is 5.04. The number of anilines is 2. The van der Waals surface area contributed by atoms with Gasteiger partial charge in [0.2, 0.25) is 5.88 Å². The molecule has 1 aromatic carbocycles. The Morgan fingerprint density at radius 1 is 1.28 bits per heavy atom. The van der Waals surface area contributed by atoms with Crippen molar-refractivity contribution in [1.82, 2.24) is 14.9 Å². The Bertz CT molecular complexity index is 1140. The number of carbonyl (C=O) groups excluding carboxylic acids is 1. The molecule has 3 heterocycles. The molecule has 36 heavy (non-hydrogen) atoms. The molecule has 10 heteroatoms. The highest BCUT2D eigenvalue weighted by molar-refractivity contribution is 6.33. The molecule has 1 amide bonds. The van der Waals surface area contributed by atoms with Crippen molar-refractivity contribution in [1.29, 1.82) is 5.26 Å². The Labute approximate surface area is 216 Å². The maximum atomic E-state index is 13.1. The van der Waals surface area contributed by atoms with E-state index in [4.69, 9.17) is 31.1 Å². The highest BCUT2D eigenvalue weighted by Gasteiger charge is 2.44. The molecule has 0 saturated carbocycles. The maximum absolute atomic E-state index is 13.1. The number of piperidine rings is 2. The molecular weight excluding hydrogens is 482 g/mol. The number of hydrogen-bond donors (Lipinski definition) is 1. The lowest BCUT2D eigenvalue weighted by atomic mass is 9.83. The summed E-state index contributed by atoms with van der Waals surface area (Å²) in [4.78, 5) is 23.7. The number of aromatic nitrogens is 2. The number of benzene rings is 1.